The fourth-order valence-corrected chi connectivity index (χ4v) is 3.09. The summed E-state index contributed by atoms with van der Waals surface area (Å²) in [7, 11) is 1.47. The Morgan fingerprint density at radius 3 is 2.50 bits per heavy atom. The number of hydrogen-bond acceptors (Lipinski definition) is 3. The molecular formula is C18H14Cl2N2O2. The molecule has 1 N–H and O–H groups in total. The molecule has 0 radical (unpaired) electrons. The molecule has 0 aliphatic rings. The summed E-state index contributed by atoms with van der Waals surface area (Å²) in [6.45, 7) is 1.92. The molecule has 0 unspecified atom stereocenters. The number of aromatic nitrogens is 1. The molecule has 122 valence electrons. The molecule has 0 saturated heterocycles. The average Bonchev–Trinajstić information content (AvgIpc) is 2.54. The van der Waals surface area contributed by atoms with Crippen LogP contribution in [0.5, 0.6) is 5.75 Å². The number of carbonyl (C=O) groups excluding carboxylic acids is 1. The SMILES string of the molecule is COc1c(Cl)cc(C(=O)Nc2cccc3nc(C)ccc23)cc1Cl. The molecule has 2 aromatic carbocycles. The van der Waals surface area contributed by atoms with Gasteiger partial charge in [0.25, 0.3) is 5.91 Å². The number of aryl methyl sites for hydroxylation is 1. The van der Waals surface area contributed by atoms with Crippen LogP contribution in [0.15, 0.2) is 42.5 Å². The number of methoxy groups -OCH3 is 1. The van der Waals surface area contributed by atoms with Gasteiger partial charge in [-0.25, -0.2) is 0 Å². The number of pyridine rings is 1. The molecule has 0 bridgehead atoms. The largest absolute Gasteiger partial charge is 0.494 e. The molecule has 0 aliphatic carbocycles. The lowest BCUT2D eigenvalue weighted by molar-refractivity contribution is 0.102. The van der Waals surface area contributed by atoms with Gasteiger partial charge in [-0.1, -0.05) is 29.3 Å². The van der Waals surface area contributed by atoms with Crippen LogP contribution in [0.3, 0.4) is 0 Å². The van der Waals surface area contributed by atoms with Crippen molar-refractivity contribution in [2.24, 2.45) is 0 Å². The van der Waals surface area contributed by atoms with Crippen molar-refractivity contribution < 1.29 is 9.53 Å². The number of halogens is 2. The highest BCUT2D eigenvalue weighted by atomic mass is 35.5. The normalized spacial score (nSPS) is 10.7. The van der Waals surface area contributed by atoms with E-state index in [9.17, 15) is 4.79 Å². The smallest absolute Gasteiger partial charge is 0.255 e. The van der Waals surface area contributed by atoms with Crippen LogP contribution in [0.25, 0.3) is 10.9 Å². The minimum atomic E-state index is -0.311. The van der Waals surface area contributed by atoms with Gasteiger partial charge < -0.3 is 10.1 Å². The molecule has 1 aromatic heterocycles. The molecule has 3 aromatic rings. The topological polar surface area (TPSA) is 51.2 Å². The van der Waals surface area contributed by atoms with Crippen LogP contribution in [0.2, 0.25) is 10.0 Å². The molecule has 0 fully saturated rings. The van der Waals surface area contributed by atoms with Gasteiger partial charge in [-0.2, -0.15) is 0 Å². The molecule has 0 aliphatic heterocycles. The van der Waals surface area contributed by atoms with E-state index in [-0.39, 0.29) is 16.0 Å². The first kappa shape index (κ1) is 16.6. The third-order valence-electron chi connectivity index (χ3n) is 3.58. The number of ether oxygens (including phenoxy) is 1. The van der Waals surface area contributed by atoms with Crippen molar-refractivity contribution in [3.63, 3.8) is 0 Å². The number of rotatable bonds is 3. The van der Waals surface area contributed by atoms with Crippen LogP contribution in [0.4, 0.5) is 5.69 Å². The van der Waals surface area contributed by atoms with E-state index in [1.54, 1.807) is 0 Å². The number of hydrogen-bond donors (Lipinski definition) is 1. The average molecular weight is 361 g/mol. The zero-order valence-corrected chi connectivity index (χ0v) is 14.6. The zero-order chi connectivity index (χ0) is 17.3. The summed E-state index contributed by atoms with van der Waals surface area (Å²) in [5.74, 6) is 0.0363. The predicted molar refractivity (Wildman–Crippen MR) is 97.4 cm³/mol. The molecule has 3 rings (SSSR count). The van der Waals surface area contributed by atoms with Crippen molar-refractivity contribution in [3.8, 4) is 5.75 Å². The van der Waals surface area contributed by atoms with Crippen molar-refractivity contribution in [2.45, 2.75) is 6.92 Å². The Hall–Kier alpha value is -2.30. The predicted octanol–water partition coefficient (Wildman–Crippen LogP) is 5.11. The first-order chi connectivity index (χ1) is 11.5. The van der Waals surface area contributed by atoms with Crippen LogP contribution >= 0.6 is 23.2 Å². The molecule has 0 spiro atoms. The van der Waals surface area contributed by atoms with Crippen LogP contribution in [-0.4, -0.2) is 18.0 Å². The standard InChI is InChI=1S/C18H14Cl2N2O2/c1-10-6-7-12-15(21-10)4-3-5-16(12)22-18(23)11-8-13(19)17(24-2)14(20)9-11/h3-9H,1-2H3,(H,22,23). The number of nitrogens with one attached hydrogen (secondary N) is 1. The quantitative estimate of drug-likeness (QED) is 0.705. The Labute approximate surface area is 149 Å². The number of anilines is 1. The molecule has 24 heavy (non-hydrogen) atoms. The van der Waals surface area contributed by atoms with Gasteiger partial charge in [0.1, 0.15) is 0 Å². The maximum atomic E-state index is 12.5. The summed E-state index contributed by atoms with van der Waals surface area (Å²) in [6.07, 6.45) is 0. The molecule has 4 nitrogen and oxygen atoms in total. The molecular weight excluding hydrogens is 347 g/mol. The van der Waals surface area contributed by atoms with Gasteiger partial charge in [-0.05, 0) is 43.3 Å². The third kappa shape index (κ3) is 3.16. The van der Waals surface area contributed by atoms with E-state index in [1.807, 2.05) is 37.3 Å². The number of carbonyl (C=O) groups is 1. The van der Waals surface area contributed by atoms with Crippen molar-refractivity contribution in [1.82, 2.24) is 4.98 Å². The van der Waals surface area contributed by atoms with E-state index in [1.165, 1.54) is 19.2 Å². The Balaban J connectivity index is 1.96. The van der Waals surface area contributed by atoms with E-state index >= 15 is 0 Å². The Kier molecular flexibility index (Phi) is 4.60. The number of nitrogens with zero attached hydrogens (tertiary/aromatic N) is 1. The minimum Gasteiger partial charge on any atom is -0.494 e. The molecule has 1 heterocycles. The first-order valence-corrected chi connectivity index (χ1v) is 7.96. The lowest BCUT2D eigenvalue weighted by atomic mass is 10.1. The van der Waals surface area contributed by atoms with Crippen LogP contribution in [0.1, 0.15) is 16.1 Å². The summed E-state index contributed by atoms with van der Waals surface area (Å²) in [5.41, 5.74) is 2.76. The number of benzene rings is 2. The molecule has 0 saturated carbocycles. The van der Waals surface area contributed by atoms with Gasteiger partial charge in [0.2, 0.25) is 0 Å². The summed E-state index contributed by atoms with van der Waals surface area (Å²) in [6, 6.07) is 12.5. The van der Waals surface area contributed by atoms with Gasteiger partial charge >= 0.3 is 0 Å². The first-order valence-electron chi connectivity index (χ1n) is 7.20. The van der Waals surface area contributed by atoms with E-state index in [0.717, 1.165) is 16.6 Å². The second-order valence-electron chi connectivity index (χ2n) is 5.25. The zero-order valence-electron chi connectivity index (χ0n) is 13.1. The summed E-state index contributed by atoms with van der Waals surface area (Å²) in [4.78, 5) is 17.0. The second kappa shape index (κ2) is 6.67. The fraction of sp³-hybridized carbons (Fsp3) is 0.111. The van der Waals surface area contributed by atoms with E-state index in [0.29, 0.717) is 17.0 Å². The van der Waals surface area contributed by atoms with Crippen molar-refractivity contribution in [3.05, 3.63) is 63.8 Å². The third-order valence-corrected chi connectivity index (χ3v) is 4.15. The van der Waals surface area contributed by atoms with Crippen LogP contribution < -0.4 is 10.1 Å². The van der Waals surface area contributed by atoms with Crippen LogP contribution in [-0.2, 0) is 0 Å². The highest BCUT2D eigenvalue weighted by Crippen LogP contribution is 2.34. The summed E-state index contributed by atoms with van der Waals surface area (Å²) in [5, 5.41) is 4.30. The monoisotopic (exact) mass is 360 g/mol. The highest BCUT2D eigenvalue weighted by molar-refractivity contribution is 6.37. The Bertz CT molecular complexity index is 918. The van der Waals surface area contributed by atoms with Crippen molar-refractivity contribution >= 4 is 45.7 Å². The van der Waals surface area contributed by atoms with Gasteiger partial charge in [0.15, 0.2) is 5.75 Å². The molecule has 0 atom stereocenters. The Morgan fingerprint density at radius 2 is 1.83 bits per heavy atom. The Morgan fingerprint density at radius 1 is 1.12 bits per heavy atom. The van der Waals surface area contributed by atoms with Crippen molar-refractivity contribution in [2.75, 3.05) is 12.4 Å². The highest BCUT2D eigenvalue weighted by Gasteiger charge is 2.14. The molecule has 1 amide bonds. The van der Waals surface area contributed by atoms with Gasteiger partial charge in [0.05, 0.1) is 28.4 Å². The van der Waals surface area contributed by atoms with Crippen molar-refractivity contribution in [1.29, 1.82) is 0 Å². The van der Waals surface area contributed by atoms with E-state index in [4.69, 9.17) is 27.9 Å². The minimum absolute atomic E-state index is 0.283. The lowest BCUT2D eigenvalue weighted by Gasteiger charge is -2.11. The summed E-state index contributed by atoms with van der Waals surface area (Å²) < 4.78 is 5.09. The maximum Gasteiger partial charge on any atom is 0.255 e. The van der Waals surface area contributed by atoms with E-state index < -0.39 is 0 Å². The fourth-order valence-electron chi connectivity index (χ4n) is 2.45. The number of amides is 1. The van der Waals surface area contributed by atoms with Gasteiger partial charge in [-0.3, -0.25) is 9.78 Å². The van der Waals surface area contributed by atoms with Crippen LogP contribution in [0, 0.1) is 6.92 Å². The second-order valence-corrected chi connectivity index (χ2v) is 6.07. The lowest BCUT2D eigenvalue weighted by Crippen LogP contribution is -2.12. The molecule has 6 heteroatoms. The maximum absolute atomic E-state index is 12.5. The number of fused-ring (bicyclic) bond motifs is 1. The van der Waals surface area contributed by atoms with E-state index in [2.05, 4.69) is 10.3 Å². The van der Waals surface area contributed by atoms with Gasteiger partial charge in [0, 0.05) is 16.6 Å². The summed E-state index contributed by atoms with van der Waals surface area (Å²) >= 11 is 12.2. The van der Waals surface area contributed by atoms with Gasteiger partial charge in [-0.15, -0.1) is 0 Å².